The third-order valence-corrected chi connectivity index (χ3v) is 0. The zero-order valence-corrected chi connectivity index (χ0v) is 12.0. The van der Waals surface area contributed by atoms with Gasteiger partial charge in [0.1, 0.15) is 0 Å². The predicted molar refractivity (Wildman–Crippen MR) is 20.4 cm³/mol. The maximum Gasteiger partial charge on any atom is 1.00 e. The van der Waals surface area contributed by atoms with Gasteiger partial charge in [-0.05, 0) is 0 Å². The van der Waals surface area contributed by atoms with E-state index in [1.165, 1.54) is 0 Å². The fourth-order valence-electron chi connectivity index (χ4n) is 0. The quantitative estimate of drug-likeness (QED) is 0.287. The molecule has 0 amide bonds. The molecule has 0 atom stereocenters. The molecule has 0 aromatic carbocycles. The average molecular weight is 200 g/mol. The summed E-state index contributed by atoms with van der Waals surface area (Å²) in [7, 11) is -4.83. The summed E-state index contributed by atoms with van der Waals surface area (Å²) in [5, 5.41) is 45.5. The van der Waals surface area contributed by atoms with Crippen molar-refractivity contribution in [2.24, 2.45) is 0 Å². The van der Waals surface area contributed by atoms with E-state index in [0.29, 0.717) is 0 Å². The maximum absolute atomic E-state index is 8.53. The van der Waals surface area contributed by atoms with Crippen molar-refractivity contribution in [3.8, 4) is 0 Å². The molecule has 0 aliphatic heterocycles. The first-order chi connectivity index (χ1) is 3.46. The van der Waals surface area contributed by atoms with Crippen LogP contribution in [0.2, 0.25) is 0 Å². The molecule has 48 valence electrons. The van der Waals surface area contributed by atoms with Gasteiger partial charge in [0.15, 0.2) is 0 Å². The summed E-state index contributed by atoms with van der Waals surface area (Å²) in [6.45, 7) is 0. The first-order valence-corrected chi connectivity index (χ1v) is 1.50. The van der Waals surface area contributed by atoms with E-state index in [1.54, 1.807) is 0 Å². The Morgan fingerprint density at radius 3 is 0.800 bits per heavy atom. The van der Waals surface area contributed by atoms with E-state index >= 15 is 0 Å². The van der Waals surface area contributed by atoms with Crippen LogP contribution < -0.4 is 113 Å². The topological polar surface area (TPSA) is 127 Å². The number of hydrogen-bond acceptors (Lipinski definition) is 6. The Bertz CT molecular complexity index is 29.2. The van der Waals surface area contributed by atoms with Crippen LogP contribution in [-0.2, 0) is 0 Å². The molecule has 0 radical (unpaired) electrons. The van der Waals surface area contributed by atoms with E-state index in [2.05, 4.69) is 0 Å². The van der Waals surface area contributed by atoms with Crippen molar-refractivity contribution in [1.82, 2.24) is 0 Å². The van der Waals surface area contributed by atoms with Crippen molar-refractivity contribution in [2.75, 3.05) is 0 Å². The van der Waals surface area contributed by atoms with Crippen molar-refractivity contribution < 1.29 is 133 Å². The van der Waals surface area contributed by atoms with Crippen LogP contribution in [-0.4, -0.2) is 34.7 Å². The Hall–Kier alpha value is 3.16. The van der Waals surface area contributed by atoms with Crippen molar-refractivity contribution in [2.45, 2.75) is 0 Å². The molecular weight excluding hydrogens is 196 g/mol. The first kappa shape index (κ1) is 23.2. The number of hydrogen-bond donors (Lipinski definition) is 4. The van der Waals surface area contributed by atoms with E-state index < -0.39 is 14.6 Å². The minimum absolute atomic E-state index is 0. The molecule has 10 heavy (non-hydrogen) atoms. The Kier molecular flexibility index (Phi) is 41.9. The van der Waals surface area contributed by atoms with Crippen LogP contribution in [0.25, 0.3) is 0 Å². The normalized spacial score (nSPS) is 5.40. The predicted octanol–water partition coefficient (Wildman–Crippen LogP) is -11.4. The first-order valence-electron chi connectivity index (χ1n) is 1.50. The molecule has 6 nitrogen and oxygen atoms in total. The Labute approximate surface area is 144 Å². The van der Waals surface area contributed by atoms with Gasteiger partial charge >= 0.3 is 110 Å². The van der Waals surface area contributed by atoms with E-state index in [4.69, 9.17) is 30.1 Å². The molecule has 0 aliphatic rings. The van der Waals surface area contributed by atoms with E-state index in [9.17, 15) is 0 Å². The summed E-state index contributed by atoms with van der Waals surface area (Å²) >= 11 is 0. The molecule has 0 heterocycles. The third-order valence-electron chi connectivity index (χ3n) is 0. The smallest absolute Gasteiger partial charge is 0.871 e. The van der Waals surface area contributed by atoms with Crippen molar-refractivity contribution in [1.29, 1.82) is 0 Å². The van der Waals surface area contributed by atoms with Crippen LogP contribution in [0.15, 0.2) is 0 Å². The van der Waals surface area contributed by atoms with Crippen LogP contribution in [0.4, 0.5) is 0 Å². The second kappa shape index (κ2) is 18.1. The fourth-order valence-corrected chi connectivity index (χ4v) is 0. The minimum atomic E-state index is -2.67. The zero-order chi connectivity index (χ0) is 7.15. The van der Waals surface area contributed by atoms with Gasteiger partial charge in [-0.1, -0.05) is 0 Å². The van der Waals surface area contributed by atoms with Gasteiger partial charge in [-0.25, -0.2) is 0 Å². The largest absolute Gasteiger partial charge is 1.00 e. The van der Waals surface area contributed by atoms with Crippen molar-refractivity contribution >= 4 is 14.6 Å². The van der Waals surface area contributed by atoms with Gasteiger partial charge in [0.25, 0.3) is 0 Å². The second-order valence-corrected chi connectivity index (χ2v) is 0.653. The molecule has 0 spiro atoms. The summed E-state index contributed by atoms with van der Waals surface area (Å²) in [5.74, 6) is 0. The zero-order valence-electron chi connectivity index (χ0n) is 5.76. The summed E-state index contributed by atoms with van der Waals surface area (Å²) in [5.41, 5.74) is 0. The van der Waals surface area contributed by atoms with Gasteiger partial charge in [0, 0.05) is 0 Å². The van der Waals surface area contributed by atoms with Crippen LogP contribution in [0.5, 0.6) is 0 Å². The number of rotatable bonds is 0. The minimum Gasteiger partial charge on any atom is -0.871 e. The SMILES string of the molecule is OB(O)O.[K+].[K+].[O-]B([O-])O. The third kappa shape index (κ3) is 115. The molecule has 0 aromatic rings. The summed E-state index contributed by atoms with van der Waals surface area (Å²) in [6, 6.07) is 0. The fraction of sp³-hybridized carbons (Fsp3) is 0. The van der Waals surface area contributed by atoms with Gasteiger partial charge in [-0.3, -0.25) is 0 Å². The molecule has 0 saturated heterocycles. The average Bonchev–Trinajstić information content (AvgIpc) is 1.25. The molecule has 0 fully saturated rings. The van der Waals surface area contributed by atoms with Crippen molar-refractivity contribution in [3.63, 3.8) is 0 Å². The molecule has 10 heteroatoms. The van der Waals surface area contributed by atoms with E-state index in [-0.39, 0.29) is 103 Å². The Morgan fingerprint density at radius 1 is 0.800 bits per heavy atom. The van der Waals surface area contributed by atoms with E-state index in [1.807, 2.05) is 0 Å². The van der Waals surface area contributed by atoms with Gasteiger partial charge in [-0.2, -0.15) is 0 Å². The molecular formula is H4B2K2O6. The molecule has 0 saturated carbocycles. The molecule has 0 bridgehead atoms. The standard InChI is InChI=1S/BH3O3.BHO3.2K/c2*2-1(3)4;;/h2-4H;2H;;/q;-2;2*+1. The molecule has 0 aromatic heterocycles. The van der Waals surface area contributed by atoms with Gasteiger partial charge in [0.05, 0.1) is 7.32 Å². The monoisotopic (exact) mass is 200 g/mol. The van der Waals surface area contributed by atoms with Crippen molar-refractivity contribution in [3.05, 3.63) is 0 Å². The Balaban J connectivity index is -0.0000000300. The van der Waals surface area contributed by atoms with Crippen LogP contribution in [0.1, 0.15) is 0 Å². The summed E-state index contributed by atoms with van der Waals surface area (Å²) < 4.78 is 0. The van der Waals surface area contributed by atoms with E-state index in [0.717, 1.165) is 0 Å². The van der Waals surface area contributed by atoms with Crippen LogP contribution in [0.3, 0.4) is 0 Å². The molecule has 4 N–H and O–H groups in total. The summed E-state index contributed by atoms with van der Waals surface area (Å²) in [6.07, 6.45) is 0. The van der Waals surface area contributed by atoms with Gasteiger partial charge in [-0.15, -0.1) is 0 Å². The summed E-state index contributed by atoms with van der Waals surface area (Å²) in [4.78, 5) is 0. The maximum atomic E-state index is 8.53. The Morgan fingerprint density at radius 2 is 0.800 bits per heavy atom. The molecule has 0 rings (SSSR count). The van der Waals surface area contributed by atoms with Gasteiger partial charge in [0.2, 0.25) is 0 Å². The van der Waals surface area contributed by atoms with Crippen LogP contribution >= 0.6 is 0 Å². The van der Waals surface area contributed by atoms with Gasteiger partial charge < -0.3 is 30.1 Å². The van der Waals surface area contributed by atoms with Crippen LogP contribution in [0, 0.1) is 0 Å². The molecule has 0 aliphatic carbocycles. The molecule has 0 unspecified atom stereocenters. The second-order valence-electron chi connectivity index (χ2n) is 0.653.